The fourth-order valence-corrected chi connectivity index (χ4v) is 4.15. The van der Waals surface area contributed by atoms with Gasteiger partial charge in [-0.05, 0) is 31.9 Å². The number of hydrogen-bond donors (Lipinski definition) is 1. The summed E-state index contributed by atoms with van der Waals surface area (Å²) >= 11 is 2.81. The summed E-state index contributed by atoms with van der Waals surface area (Å²) in [5.74, 6) is 0.648. The fourth-order valence-electron chi connectivity index (χ4n) is 2.45. The molecule has 3 heterocycles. The Labute approximate surface area is 165 Å². The highest BCUT2D eigenvalue weighted by Gasteiger charge is 2.23. The average molecular weight is 404 g/mol. The molecule has 3 aromatic heterocycles. The van der Waals surface area contributed by atoms with Gasteiger partial charge in [0.2, 0.25) is 11.0 Å². The van der Waals surface area contributed by atoms with E-state index in [1.54, 1.807) is 12.4 Å². The SMILES string of the molecule is CCc1nnc(NC(=O)[C@@H](CC)Sc2nnc(-c3cccnc3)n2CC)s1. The van der Waals surface area contributed by atoms with Crippen LogP contribution in [0.15, 0.2) is 29.7 Å². The van der Waals surface area contributed by atoms with Crippen molar-refractivity contribution in [3.8, 4) is 11.4 Å². The van der Waals surface area contributed by atoms with Crippen molar-refractivity contribution in [3.63, 3.8) is 0 Å². The van der Waals surface area contributed by atoms with Gasteiger partial charge in [0.1, 0.15) is 5.01 Å². The lowest BCUT2D eigenvalue weighted by molar-refractivity contribution is -0.115. The Balaban J connectivity index is 1.76. The molecule has 0 radical (unpaired) electrons. The fraction of sp³-hybridized carbons (Fsp3) is 0.412. The van der Waals surface area contributed by atoms with E-state index in [4.69, 9.17) is 0 Å². The van der Waals surface area contributed by atoms with Gasteiger partial charge in [-0.1, -0.05) is 36.9 Å². The van der Waals surface area contributed by atoms with E-state index in [-0.39, 0.29) is 11.2 Å². The number of anilines is 1. The topological polar surface area (TPSA) is 98.5 Å². The van der Waals surface area contributed by atoms with Crippen LogP contribution in [-0.4, -0.2) is 41.1 Å². The van der Waals surface area contributed by atoms with Gasteiger partial charge in [0.25, 0.3) is 0 Å². The first-order chi connectivity index (χ1) is 13.2. The first-order valence-corrected chi connectivity index (χ1v) is 10.5. The molecule has 0 aliphatic heterocycles. The number of rotatable bonds is 8. The Morgan fingerprint density at radius 2 is 2.11 bits per heavy atom. The smallest absolute Gasteiger partial charge is 0.239 e. The molecule has 27 heavy (non-hydrogen) atoms. The Bertz CT molecular complexity index is 894. The third-order valence-electron chi connectivity index (χ3n) is 3.86. The molecule has 142 valence electrons. The van der Waals surface area contributed by atoms with Gasteiger partial charge < -0.3 is 4.57 Å². The summed E-state index contributed by atoms with van der Waals surface area (Å²) < 4.78 is 2.00. The van der Waals surface area contributed by atoms with Crippen molar-refractivity contribution in [3.05, 3.63) is 29.5 Å². The third-order valence-corrected chi connectivity index (χ3v) is 6.19. The van der Waals surface area contributed by atoms with Crippen LogP contribution in [0.5, 0.6) is 0 Å². The molecule has 8 nitrogen and oxygen atoms in total. The largest absolute Gasteiger partial charge is 0.302 e. The molecule has 1 atom stereocenters. The van der Waals surface area contributed by atoms with E-state index in [2.05, 4.69) is 30.7 Å². The highest BCUT2D eigenvalue weighted by atomic mass is 32.2. The molecule has 0 saturated heterocycles. The van der Waals surface area contributed by atoms with Gasteiger partial charge >= 0.3 is 0 Å². The monoisotopic (exact) mass is 403 g/mol. The molecule has 0 aliphatic carbocycles. The van der Waals surface area contributed by atoms with E-state index in [1.165, 1.54) is 23.1 Å². The van der Waals surface area contributed by atoms with E-state index < -0.39 is 0 Å². The van der Waals surface area contributed by atoms with Crippen LogP contribution in [0.1, 0.15) is 32.2 Å². The predicted molar refractivity (Wildman–Crippen MR) is 107 cm³/mol. The zero-order chi connectivity index (χ0) is 19.2. The van der Waals surface area contributed by atoms with Crippen LogP contribution < -0.4 is 5.32 Å². The average Bonchev–Trinajstić information content (AvgIpc) is 3.32. The molecule has 0 aliphatic rings. The summed E-state index contributed by atoms with van der Waals surface area (Å²) in [5.41, 5.74) is 0.900. The molecule has 3 rings (SSSR count). The number of hydrogen-bond acceptors (Lipinski definition) is 8. The van der Waals surface area contributed by atoms with Crippen molar-refractivity contribution in [2.75, 3.05) is 5.32 Å². The van der Waals surface area contributed by atoms with Crippen LogP contribution in [0.2, 0.25) is 0 Å². The van der Waals surface area contributed by atoms with Crippen molar-refractivity contribution in [1.82, 2.24) is 29.9 Å². The van der Waals surface area contributed by atoms with E-state index in [0.29, 0.717) is 23.3 Å². The molecule has 0 spiro atoms. The molecular formula is C17H21N7OS2. The quantitative estimate of drug-likeness (QED) is 0.576. The van der Waals surface area contributed by atoms with Gasteiger partial charge in [-0.15, -0.1) is 20.4 Å². The van der Waals surface area contributed by atoms with Crippen LogP contribution >= 0.6 is 23.1 Å². The predicted octanol–water partition coefficient (Wildman–Crippen LogP) is 3.28. The van der Waals surface area contributed by atoms with Crippen molar-refractivity contribution in [2.24, 2.45) is 0 Å². The van der Waals surface area contributed by atoms with Crippen LogP contribution in [0.3, 0.4) is 0 Å². The molecule has 0 bridgehead atoms. The molecule has 1 N–H and O–H groups in total. The molecule has 0 fully saturated rings. The van der Waals surface area contributed by atoms with E-state index in [1.807, 2.05) is 37.5 Å². The lowest BCUT2D eigenvalue weighted by Gasteiger charge is -2.13. The molecule has 1 amide bonds. The number of aromatic nitrogens is 6. The second kappa shape index (κ2) is 9.05. The van der Waals surface area contributed by atoms with Gasteiger partial charge in [-0.3, -0.25) is 15.1 Å². The van der Waals surface area contributed by atoms with E-state index >= 15 is 0 Å². The Hall–Kier alpha value is -2.33. The van der Waals surface area contributed by atoms with Crippen molar-refractivity contribution in [2.45, 2.75) is 50.6 Å². The first kappa shape index (κ1) is 19.4. The molecule has 3 aromatic rings. The number of carbonyl (C=O) groups excluding carboxylic acids is 1. The molecule has 0 saturated carbocycles. The van der Waals surface area contributed by atoms with E-state index in [9.17, 15) is 4.79 Å². The van der Waals surface area contributed by atoms with Gasteiger partial charge in [0.05, 0.1) is 5.25 Å². The Morgan fingerprint density at radius 3 is 2.74 bits per heavy atom. The summed E-state index contributed by atoms with van der Waals surface area (Å²) in [5, 5.41) is 21.4. The number of thioether (sulfide) groups is 1. The lowest BCUT2D eigenvalue weighted by Crippen LogP contribution is -2.25. The molecule has 0 unspecified atom stereocenters. The second-order valence-corrected chi connectivity index (χ2v) is 7.88. The number of nitrogens with zero attached hydrogens (tertiary/aromatic N) is 6. The zero-order valence-electron chi connectivity index (χ0n) is 15.4. The number of aryl methyl sites for hydroxylation is 1. The van der Waals surface area contributed by atoms with Crippen molar-refractivity contribution >= 4 is 34.1 Å². The number of amides is 1. The van der Waals surface area contributed by atoms with Crippen LogP contribution in [0, 0.1) is 0 Å². The summed E-state index contributed by atoms with van der Waals surface area (Å²) in [6.45, 7) is 6.72. The van der Waals surface area contributed by atoms with Gasteiger partial charge in [0, 0.05) is 24.5 Å². The summed E-state index contributed by atoms with van der Waals surface area (Å²) in [6, 6.07) is 3.81. The number of pyridine rings is 1. The molecule has 0 aromatic carbocycles. The second-order valence-electron chi connectivity index (χ2n) is 5.65. The maximum Gasteiger partial charge on any atom is 0.239 e. The Kier molecular flexibility index (Phi) is 6.51. The van der Waals surface area contributed by atoms with Crippen molar-refractivity contribution in [1.29, 1.82) is 0 Å². The molecular weight excluding hydrogens is 382 g/mol. The van der Waals surface area contributed by atoms with Crippen LogP contribution in [-0.2, 0) is 17.8 Å². The third kappa shape index (κ3) is 4.51. The maximum absolute atomic E-state index is 12.7. The molecule has 10 heteroatoms. The normalized spacial score (nSPS) is 12.1. The van der Waals surface area contributed by atoms with E-state index in [0.717, 1.165) is 22.8 Å². The summed E-state index contributed by atoms with van der Waals surface area (Å²) in [6.07, 6.45) is 4.95. The summed E-state index contributed by atoms with van der Waals surface area (Å²) in [4.78, 5) is 16.8. The zero-order valence-corrected chi connectivity index (χ0v) is 17.0. The number of nitrogens with one attached hydrogen (secondary N) is 1. The minimum Gasteiger partial charge on any atom is -0.302 e. The van der Waals surface area contributed by atoms with Crippen molar-refractivity contribution < 1.29 is 4.79 Å². The number of carbonyl (C=O) groups is 1. The highest BCUT2D eigenvalue weighted by molar-refractivity contribution is 8.00. The summed E-state index contributed by atoms with van der Waals surface area (Å²) in [7, 11) is 0. The maximum atomic E-state index is 12.7. The minimum absolute atomic E-state index is 0.102. The van der Waals surface area contributed by atoms with Gasteiger partial charge in [-0.2, -0.15) is 0 Å². The standard InChI is InChI=1S/C17H21N7OS2/c1-4-12(15(25)19-16-22-20-13(5-2)27-16)26-17-23-21-14(24(17)6-3)11-8-7-9-18-10-11/h7-10,12H,4-6H2,1-3H3,(H,19,22,25)/t12-/m1/s1. The Morgan fingerprint density at radius 1 is 1.26 bits per heavy atom. The highest BCUT2D eigenvalue weighted by Crippen LogP contribution is 2.29. The van der Waals surface area contributed by atoms with Gasteiger partial charge in [0.15, 0.2) is 11.0 Å². The van der Waals surface area contributed by atoms with Crippen LogP contribution in [0.25, 0.3) is 11.4 Å². The van der Waals surface area contributed by atoms with Crippen LogP contribution in [0.4, 0.5) is 5.13 Å². The first-order valence-electron chi connectivity index (χ1n) is 8.79. The minimum atomic E-state index is -0.296. The van der Waals surface area contributed by atoms with Gasteiger partial charge in [-0.25, -0.2) is 0 Å². The lowest BCUT2D eigenvalue weighted by atomic mass is 10.3.